The van der Waals surface area contributed by atoms with Crippen LogP contribution in [-0.4, -0.2) is 15.0 Å². The fourth-order valence-corrected chi connectivity index (χ4v) is 3.28. The third-order valence-electron chi connectivity index (χ3n) is 2.76. The van der Waals surface area contributed by atoms with Crippen molar-refractivity contribution < 1.29 is 12.6 Å². The molecule has 0 saturated carbocycles. The minimum Gasteiger partial charge on any atom is -0.267 e. The lowest BCUT2D eigenvalue weighted by atomic mass is 9.85. The molecule has 1 aromatic rings. The molecule has 100 valence electrons. The fraction of sp³-hybridized carbons (Fsp3) is 0.500. The first-order valence-electron chi connectivity index (χ1n) is 5.96. The summed E-state index contributed by atoms with van der Waals surface area (Å²) in [5, 5.41) is 0. The van der Waals surface area contributed by atoms with Gasteiger partial charge in [0.25, 0.3) is 10.1 Å². The Morgan fingerprint density at radius 1 is 1.22 bits per heavy atom. The van der Waals surface area contributed by atoms with E-state index >= 15 is 0 Å². The van der Waals surface area contributed by atoms with Crippen LogP contribution in [-0.2, 0) is 19.7 Å². The Balaban J connectivity index is 3.43. The highest BCUT2D eigenvalue weighted by Gasteiger charge is 2.26. The maximum Gasteiger partial charge on any atom is 0.297 e. The zero-order valence-corrected chi connectivity index (χ0v) is 12.5. The lowest BCUT2D eigenvalue weighted by Gasteiger charge is -2.17. The molecule has 18 heavy (non-hydrogen) atoms. The van der Waals surface area contributed by atoms with E-state index in [0.29, 0.717) is 11.1 Å². The van der Waals surface area contributed by atoms with Gasteiger partial charge in [-0.2, -0.15) is 8.42 Å². The van der Waals surface area contributed by atoms with Gasteiger partial charge in [0.15, 0.2) is 0 Å². The molecule has 0 unspecified atom stereocenters. The summed E-state index contributed by atoms with van der Waals surface area (Å²) < 4.78 is 28.9. The molecule has 0 aromatic heterocycles. The minimum atomic E-state index is -3.65. The van der Waals surface area contributed by atoms with Gasteiger partial charge in [0.05, 0.1) is 18.4 Å². The molecule has 0 bridgehead atoms. The van der Waals surface area contributed by atoms with E-state index in [1.165, 1.54) is 0 Å². The van der Waals surface area contributed by atoms with Crippen LogP contribution in [0.5, 0.6) is 0 Å². The number of hydrogen-bond donors (Lipinski definition) is 0. The Kier molecular flexibility index (Phi) is 4.13. The highest BCUT2D eigenvalue weighted by atomic mass is 32.2. The molecule has 0 fully saturated rings. The molecule has 3 nitrogen and oxygen atoms in total. The lowest BCUT2D eigenvalue weighted by molar-refractivity contribution is 0.337. The Morgan fingerprint density at radius 3 is 2.00 bits per heavy atom. The first-order chi connectivity index (χ1) is 8.09. The number of rotatable bonds is 4. The van der Waals surface area contributed by atoms with Crippen LogP contribution in [0.2, 0.25) is 0 Å². The molecule has 0 heterocycles. The summed E-state index contributed by atoms with van der Waals surface area (Å²) in [6.45, 7) is 13.4. The standard InChI is InChI=1S/C14H21O3S/c1-7-17-18(15,16)13-10(2)8-12(9-11(13)3)14(4,5)6/h8-9H,4,7H2,1-3,5-6H3/q+1. The van der Waals surface area contributed by atoms with Crippen LogP contribution < -0.4 is 0 Å². The second-order valence-electron chi connectivity index (χ2n) is 5.18. The Bertz CT molecular complexity index is 514. The van der Waals surface area contributed by atoms with Gasteiger partial charge in [0.2, 0.25) is 0 Å². The van der Waals surface area contributed by atoms with Crippen molar-refractivity contribution in [3.8, 4) is 0 Å². The molecule has 4 heteroatoms. The van der Waals surface area contributed by atoms with Crippen molar-refractivity contribution in [2.24, 2.45) is 0 Å². The van der Waals surface area contributed by atoms with Gasteiger partial charge in [-0.3, -0.25) is 4.18 Å². The maximum atomic E-state index is 12.0. The number of hydrogen-bond acceptors (Lipinski definition) is 3. The number of benzene rings is 1. The first-order valence-corrected chi connectivity index (χ1v) is 7.37. The van der Waals surface area contributed by atoms with Crippen LogP contribution in [0, 0.1) is 20.8 Å². The topological polar surface area (TPSA) is 43.4 Å². The zero-order chi connectivity index (χ0) is 14.1. The third-order valence-corrected chi connectivity index (χ3v) is 4.45. The van der Waals surface area contributed by atoms with Gasteiger partial charge in [0, 0.05) is 5.56 Å². The van der Waals surface area contributed by atoms with E-state index in [2.05, 4.69) is 6.92 Å². The smallest absolute Gasteiger partial charge is 0.267 e. The van der Waals surface area contributed by atoms with Gasteiger partial charge in [0.1, 0.15) is 5.41 Å². The van der Waals surface area contributed by atoms with Gasteiger partial charge >= 0.3 is 0 Å². The monoisotopic (exact) mass is 269 g/mol. The van der Waals surface area contributed by atoms with Gasteiger partial charge in [-0.05, 0) is 57.9 Å². The van der Waals surface area contributed by atoms with E-state index in [9.17, 15) is 8.42 Å². The van der Waals surface area contributed by atoms with Gasteiger partial charge in [-0.25, -0.2) is 0 Å². The first kappa shape index (κ1) is 15.1. The normalized spacial score (nSPS) is 12.7. The third kappa shape index (κ3) is 3.06. The van der Waals surface area contributed by atoms with E-state index in [1.54, 1.807) is 20.8 Å². The summed E-state index contributed by atoms with van der Waals surface area (Å²) in [6, 6.07) is 3.73. The highest BCUT2D eigenvalue weighted by Crippen LogP contribution is 2.29. The van der Waals surface area contributed by atoms with Gasteiger partial charge in [-0.1, -0.05) is 0 Å². The molecule has 0 aliphatic rings. The van der Waals surface area contributed by atoms with Crippen LogP contribution in [0.1, 0.15) is 37.5 Å². The average Bonchev–Trinajstić information content (AvgIpc) is 2.13. The van der Waals surface area contributed by atoms with E-state index < -0.39 is 10.1 Å². The van der Waals surface area contributed by atoms with Crippen molar-refractivity contribution in [2.75, 3.05) is 6.61 Å². The largest absolute Gasteiger partial charge is 0.297 e. The van der Waals surface area contributed by atoms with E-state index in [1.807, 2.05) is 26.0 Å². The van der Waals surface area contributed by atoms with Crippen molar-refractivity contribution in [3.05, 3.63) is 35.7 Å². The molecular formula is C14H21O3S+. The highest BCUT2D eigenvalue weighted by molar-refractivity contribution is 7.86. The maximum absolute atomic E-state index is 12.0. The summed E-state index contributed by atoms with van der Waals surface area (Å²) in [6.07, 6.45) is 0. The molecule has 0 saturated heterocycles. The Hall–Kier alpha value is -1.00. The predicted octanol–water partition coefficient (Wildman–Crippen LogP) is 3.14. The second kappa shape index (κ2) is 4.94. The molecule has 0 atom stereocenters. The van der Waals surface area contributed by atoms with E-state index in [-0.39, 0.29) is 16.9 Å². The Morgan fingerprint density at radius 2 is 1.67 bits per heavy atom. The molecule has 1 aromatic carbocycles. The molecule has 0 aliphatic carbocycles. The van der Waals surface area contributed by atoms with Crippen LogP contribution in [0.15, 0.2) is 17.0 Å². The molecule has 1 rings (SSSR count). The van der Waals surface area contributed by atoms with Crippen molar-refractivity contribution in [1.29, 1.82) is 0 Å². The average molecular weight is 269 g/mol. The SMILES string of the molecule is [CH2+]C(C)(C)c1cc(C)c(S(=O)(=O)OCC)c(C)c1. The second-order valence-corrected chi connectivity index (χ2v) is 6.74. The molecule has 0 aliphatic heterocycles. The van der Waals surface area contributed by atoms with Crippen LogP contribution >= 0.6 is 0 Å². The molecule has 0 radical (unpaired) electrons. The summed E-state index contributed by atoms with van der Waals surface area (Å²) in [7, 11) is -3.65. The summed E-state index contributed by atoms with van der Waals surface area (Å²) in [5.41, 5.74) is 2.18. The quantitative estimate of drug-likeness (QED) is 0.623. The van der Waals surface area contributed by atoms with E-state index in [0.717, 1.165) is 5.56 Å². The molecule has 0 spiro atoms. The van der Waals surface area contributed by atoms with E-state index in [4.69, 9.17) is 4.18 Å². The van der Waals surface area contributed by atoms with Gasteiger partial charge < -0.3 is 0 Å². The summed E-state index contributed by atoms with van der Waals surface area (Å²) >= 11 is 0. The minimum absolute atomic E-state index is 0.143. The van der Waals surface area contributed by atoms with Crippen LogP contribution in [0.4, 0.5) is 0 Å². The fourth-order valence-electron chi connectivity index (χ4n) is 1.95. The van der Waals surface area contributed by atoms with Crippen molar-refractivity contribution in [3.63, 3.8) is 0 Å². The van der Waals surface area contributed by atoms with Crippen LogP contribution in [0.3, 0.4) is 0 Å². The van der Waals surface area contributed by atoms with Crippen LogP contribution in [0.25, 0.3) is 0 Å². The van der Waals surface area contributed by atoms with Gasteiger partial charge in [-0.15, -0.1) is 0 Å². The zero-order valence-electron chi connectivity index (χ0n) is 11.7. The molecular weight excluding hydrogens is 248 g/mol. The Labute approximate surface area is 110 Å². The number of aryl methyl sites for hydroxylation is 2. The van der Waals surface area contributed by atoms with Crippen molar-refractivity contribution >= 4 is 10.1 Å². The summed E-state index contributed by atoms with van der Waals surface area (Å²) in [4.78, 5) is 0.275. The predicted molar refractivity (Wildman–Crippen MR) is 73.1 cm³/mol. The van der Waals surface area contributed by atoms with Crippen molar-refractivity contribution in [1.82, 2.24) is 0 Å². The summed E-state index contributed by atoms with van der Waals surface area (Å²) in [5.74, 6) is 0. The molecule has 0 N–H and O–H groups in total. The lowest BCUT2D eigenvalue weighted by Crippen LogP contribution is -2.15. The van der Waals surface area contributed by atoms with Crippen molar-refractivity contribution in [2.45, 2.75) is 44.9 Å². The molecule has 0 amide bonds.